The topological polar surface area (TPSA) is 164 Å². The predicted octanol–water partition coefficient (Wildman–Crippen LogP) is 2.15. The molecule has 216 valence electrons. The van der Waals surface area contributed by atoms with E-state index in [9.17, 15) is 9.90 Å². The second-order valence-electron chi connectivity index (χ2n) is 10.0. The number of amides is 1. The van der Waals surface area contributed by atoms with Gasteiger partial charge in [-0.15, -0.1) is 10.2 Å². The molecular formula is C30H29N11O2. The van der Waals surface area contributed by atoms with Crippen LogP contribution in [0.15, 0.2) is 67.1 Å². The summed E-state index contributed by atoms with van der Waals surface area (Å²) in [5.41, 5.74) is 9.07. The third-order valence-corrected chi connectivity index (χ3v) is 7.22. The molecule has 13 heteroatoms. The van der Waals surface area contributed by atoms with Crippen molar-refractivity contribution in [3.63, 3.8) is 0 Å². The van der Waals surface area contributed by atoms with Crippen LogP contribution in [0.4, 0.5) is 17.3 Å². The number of carbonyl (C=O) groups is 1. The van der Waals surface area contributed by atoms with Gasteiger partial charge in [-0.2, -0.15) is 5.10 Å². The third kappa shape index (κ3) is 5.98. The van der Waals surface area contributed by atoms with Crippen molar-refractivity contribution in [1.82, 2.24) is 40.1 Å². The fourth-order valence-electron chi connectivity index (χ4n) is 4.95. The average Bonchev–Trinajstić information content (AvgIpc) is 3.37. The number of hydrogen-bond donors (Lipinski definition) is 3. The van der Waals surface area contributed by atoms with Gasteiger partial charge in [-0.3, -0.25) is 4.79 Å². The molecule has 0 radical (unpaired) electrons. The molecule has 1 amide bonds. The molecular weight excluding hydrogens is 546 g/mol. The zero-order valence-electron chi connectivity index (χ0n) is 23.4. The summed E-state index contributed by atoms with van der Waals surface area (Å²) in [6.07, 6.45) is 5.91. The van der Waals surface area contributed by atoms with Crippen molar-refractivity contribution in [1.29, 1.82) is 0 Å². The molecule has 1 aliphatic heterocycles. The van der Waals surface area contributed by atoms with E-state index in [-0.39, 0.29) is 29.9 Å². The standard InChI is InChI=1S/C30H29N11O2/c1-20-10-15-39(16-17-40(20)24-18-22(36-37-29(24)31)21-6-2-3-7-25(21)42)27-9-13-32-26(35-27)8-4-11-34-30(43)23-19-28-33-12-5-14-41(28)38-23/h2-3,5-7,9,12-14,18-20,42H,10-11,15-17H2,1H3,(H2,31,37)(H,34,43). The van der Waals surface area contributed by atoms with Crippen molar-refractivity contribution in [2.24, 2.45) is 0 Å². The number of carbonyl (C=O) groups excluding carboxylic acids is 1. The Morgan fingerprint density at radius 1 is 1.09 bits per heavy atom. The summed E-state index contributed by atoms with van der Waals surface area (Å²) in [4.78, 5) is 30.0. The maximum Gasteiger partial charge on any atom is 0.272 e. The van der Waals surface area contributed by atoms with Crippen LogP contribution in [0, 0.1) is 11.8 Å². The van der Waals surface area contributed by atoms with Gasteiger partial charge in [0.05, 0.1) is 17.9 Å². The summed E-state index contributed by atoms with van der Waals surface area (Å²) < 4.78 is 1.54. The van der Waals surface area contributed by atoms with Crippen molar-refractivity contribution in [3.05, 3.63) is 78.6 Å². The number of hydrogen-bond acceptors (Lipinski definition) is 11. The van der Waals surface area contributed by atoms with Crippen LogP contribution in [0.3, 0.4) is 0 Å². The Kier molecular flexibility index (Phi) is 7.64. The number of anilines is 3. The van der Waals surface area contributed by atoms with Crippen LogP contribution in [0.1, 0.15) is 29.7 Å². The van der Waals surface area contributed by atoms with Gasteiger partial charge in [-0.1, -0.05) is 18.1 Å². The van der Waals surface area contributed by atoms with Crippen LogP contribution in [0.5, 0.6) is 5.75 Å². The van der Waals surface area contributed by atoms with Crippen molar-refractivity contribution in [3.8, 4) is 28.8 Å². The van der Waals surface area contributed by atoms with Crippen molar-refractivity contribution in [2.75, 3.05) is 41.7 Å². The van der Waals surface area contributed by atoms with Gasteiger partial charge >= 0.3 is 0 Å². The maximum absolute atomic E-state index is 12.5. The van der Waals surface area contributed by atoms with Crippen molar-refractivity contribution < 1.29 is 9.90 Å². The van der Waals surface area contributed by atoms with Gasteiger partial charge < -0.3 is 26.0 Å². The minimum Gasteiger partial charge on any atom is -0.507 e. The molecule has 1 atom stereocenters. The fourth-order valence-corrected chi connectivity index (χ4v) is 4.95. The van der Waals surface area contributed by atoms with Crippen LogP contribution in [0.2, 0.25) is 0 Å². The van der Waals surface area contributed by atoms with E-state index in [0.29, 0.717) is 41.6 Å². The number of aromatic nitrogens is 7. The highest BCUT2D eigenvalue weighted by Gasteiger charge is 2.25. The van der Waals surface area contributed by atoms with E-state index in [1.54, 1.807) is 53.4 Å². The van der Waals surface area contributed by atoms with E-state index in [1.807, 2.05) is 18.2 Å². The van der Waals surface area contributed by atoms with E-state index >= 15 is 0 Å². The van der Waals surface area contributed by atoms with Gasteiger partial charge in [0.25, 0.3) is 5.91 Å². The van der Waals surface area contributed by atoms with Crippen molar-refractivity contribution >= 4 is 28.9 Å². The highest BCUT2D eigenvalue weighted by Crippen LogP contribution is 2.33. The normalized spacial score (nSPS) is 15.0. The Morgan fingerprint density at radius 2 is 1.98 bits per heavy atom. The molecule has 0 saturated carbocycles. The molecule has 4 N–H and O–H groups in total. The number of nitrogen functional groups attached to an aromatic ring is 1. The lowest BCUT2D eigenvalue weighted by Crippen LogP contribution is -2.35. The summed E-state index contributed by atoms with van der Waals surface area (Å²) in [7, 11) is 0. The predicted molar refractivity (Wildman–Crippen MR) is 161 cm³/mol. The minimum absolute atomic E-state index is 0.119. The van der Waals surface area contributed by atoms with Crippen LogP contribution >= 0.6 is 0 Å². The number of phenols is 1. The van der Waals surface area contributed by atoms with E-state index in [4.69, 9.17) is 5.73 Å². The first-order valence-electron chi connectivity index (χ1n) is 13.8. The molecule has 1 aromatic carbocycles. The van der Waals surface area contributed by atoms with Gasteiger partial charge in [0, 0.05) is 55.9 Å². The van der Waals surface area contributed by atoms with Crippen LogP contribution in [-0.4, -0.2) is 78.0 Å². The highest BCUT2D eigenvalue weighted by molar-refractivity contribution is 5.93. The molecule has 43 heavy (non-hydrogen) atoms. The second kappa shape index (κ2) is 12.0. The smallest absolute Gasteiger partial charge is 0.272 e. The number of fused-ring (bicyclic) bond motifs is 1. The molecule has 0 bridgehead atoms. The van der Waals surface area contributed by atoms with Gasteiger partial charge in [-0.05, 0) is 49.6 Å². The van der Waals surface area contributed by atoms with Gasteiger partial charge in [-0.25, -0.2) is 19.5 Å². The SMILES string of the molecule is CC1CCN(c2ccnc(C#CCNC(=O)c3cc4ncccn4n3)n2)CCN1c1cc(-c2ccccc2O)nnc1N. The van der Waals surface area contributed by atoms with E-state index in [2.05, 4.69) is 64.1 Å². The lowest BCUT2D eigenvalue weighted by molar-refractivity contribution is 0.0953. The van der Waals surface area contributed by atoms with E-state index in [0.717, 1.165) is 24.5 Å². The van der Waals surface area contributed by atoms with Crippen molar-refractivity contribution in [2.45, 2.75) is 19.4 Å². The summed E-state index contributed by atoms with van der Waals surface area (Å²) >= 11 is 0. The Bertz CT molecular complexity index is 1810. The number of phenolic OH excluding ortho intramolecular Hbond substituents is 1. The Hall–Kier alpha value is -5.77. The van der Waals surface area contributed by atoms with Gasteiger partial charge in [0.15, 0.2) is 17.2 Å². The molecule has 0 spiro atoms. The Labute approximate surface area is 247 Å². The molecule has 1 saturated heterocycles. The molecule has 1 unspecified atom stereocenters. The van der Waals surface area contributed by atoms with E-state index < -0.39 is 0 Å². The number of para-hydroxylation sites is 1. The average molecular weight is 576 g/mol. The number of nitrogens with zero attached hydrogens (tertiary/aromatic N) is 9. The first-order valence-corrected chi connectivity index (χ1v) is 13.8. The second-order valence-corrected chi connectivity index (χ2v) is 10.0. The molecule has 0 aliphatic carbocycles. The summed E-state index contributed by atoms with van der Waals surface area (Å²) in [6, 6.07) is 14.3. The van der Waals surface area contributed by atoms with Crippen LogP contribution < -0.4 is 20.9 Å². The van der Waals surface area contributed by atoms with Crippen LogP contribution in [0.25, 0.3) is 16.9 Å². The monoisotopic (exact) mass is 575 g/mol. The third-order valence-electron chi connectivity index (χ3n) is 7.22. The molecule has 1 aliphatic rings. The largest absolute Gasteiger partial charge is 0.507 e. The first kappa shape index (κ1) is 27.4. The van der Waals surface area contributed by atoms with E-state index in [1.165, 1.54) is 0 Å². The molecule has 13 nitrogen and oxygen atoms in total. The number of benzene rings is 1. The molecule has 5 aromatic rings. The lowest BCUT2D eigenvalue weighted by Gasteiger charge is -2.29. The molecule has 1 fully saturated rings. The quantitative estimate of drug-likeness (QED) is 0.263. The molecule has 4 aromatic heterocycles. The summed E-state index contributed by atoms with van der Waals surface area (Å²) in [5, 5.41) is 25.7. The highest BCUT2D eigenvalue weighted by atomic mass is 16.3. The zero-order chi connectivity index (χ0) is 29.8. The van der Waals surface area contributed by atoms with Crippen LogP contribution in [-0.2, 0) is 0 Å². The van der Waals surface area contributed by atoms with Gasteiger partial charge in [0.2, 0.25) is 5.82 Å². The van der Waals surface area contributed by atoms with Gasteiger partial charge in [0.1, 0.15) is 11.6 Å². The minimum atomic E-state index is -0.338. The molecule has 5 heterocycles. The number of nitrogens with one attached hydrogen (secondary N) is 1. The first-order chi connectivity index (χ1) is 21.0. The molecule has 6 rings (SSSR count). The fraction of sp³-hybridized carbons (Fsp3) is 0.233. The Balaban J connectivity index is 1.11. The maximum atomic E-state index is 12.5. The number of nitrogens with two attached hydrogens (primary N) is 1. The lowest BCUT2D eigenvalue weighted by atomic mass is 10.1. The summed E-state index contributed by atoms with van der Waals surface area (Å²) in [5.74, 6) is 7.12. The number of aromatic hydroxyl groups is 1. The summed E-state index contributed by atoms with van der Waals surface area (Å²) in [6.45, 7) is 4.40. The Morgan fingerprint density at radius 3 is 2.84 bits per heavy atom. The zero-order valence-corrected chi connectivity index (χ0v) is 23.4. The number of rotatable bonds is 5.